The number of benzene rings is 2. The van der Waals surface area contributed by atoms with E-state index in [1.807, 2.05) is 0 Å². The van der Waals surface area contributed by atoms with Gasteiger partial charge in [0.25, 0.3) is 5.91 Å². The SMILES string of the molecule is CNS(=O)(=O)c1cc(C(=O)Nc2ccc(N3CCCC3=O)cc2)ccc1Cl. The topological polar surface area (TPSA) is 95.6 Å². The minimum absolute atomic E-state index is 0.0283. The summed E-state index contributed by atoms with van der Waals surface area (Å²) in [5.74, 6) is -0.379. The van der Waals surface area contributed by atoms with Crippen molar-refractivity contribution in [3.05, 3.63) is 53.1 Å². The van der Waals surface area contributed by atoms with Crippen LogP contribution in [0, 0.1) is 0 Å². The molecule has 0 spiro atoms. The normalized spacial score (nSPS) is 14.4. The van der Waals surface area contributed by atoms with Crippen molar-refractivity contribution in [2.45, 2.75) is 17.7 Å². The summed E-state index contributed by atoms with van der Waals surface area (Å²) in [5.41, 5.74) is 1.47. The second-order valence-corrected chi connectivity index (χ2v) is 8.26. The Morgan fingerprint density at radius 2 is 1.85 bits per heavy atom. The number of anilines is 2. The van der Waals surface area contributed by atoms with Gasteiger partial charge in [-0.1, -0.05) is 11.6 Å². The van der Waals surface area contributed by atoms with Gasteiger partial charge < -0.3 is 10.2 Å². The monoisotopic (exact) mass is 407 g/mol. The molecule has 1 aliphatic rings. The number of sulfonamides is 1. The van der Waals surface area contributed by atoms with E-state index in [4.69, 9.17) is 11.6 Å². The fourth-order valence-corrected chi connectivity index (χ4v) is 4.06. The summed E-state index contributed by atoms with van der Waals surface area (Å²) in [7, 11) is -2.51. The van der Waals surface area contributed by atoms with Crippen molar-refractivity contribution in [1.29, 1.82) is 0 Å². The van der Waals surface area contributed by atoms with Gasteiger partial charge in [0.1, 0.15) is 4.90 Å². The third-order valence-electron chi connectivity index (χ3n) is 4.26. The third-order valence-corrected chi connectivity index (χ3v) is 6.16. The molecule has 0 radical (unpaired) electrons. The van der Waals surface area contributed by atoms with Crippen LogP contribution in [0.5, 0.6) is 0 Å². The molecule has 1 heterocycles. The Labute approximate surface area is 162 Å². The van der Waals surface area contributed by atoms with Gasteiger partial charge in [-0.05, 0) is 55.9 Å². The highest BCUT2D eigenvalue weighted by molar-refractivity contribution is 7.89. The maximum atomic E-state index is 12.5. The molecule has 0 saturated carbocycles. The molecule has 3 rings (SSSR count). The summed E-state index contributed by atoms with van der Waals surface area (Å²) < 4.78 is 26.1. The maximum absolute atomic E-state index is 12.5. The summed E-state index contributed by atoms with van der Waals surface area (Å²) in [6.45, 7) is 0.692. The van der Waals surface area contributed by atoms with Crippen molar-refractivity contribution < 1.29 is 18.0 Å². The fraction of sp³-hybridized carbons (Fsp3) is 0.222. The predicted octanol–water partition coefficient (Wildman–Crippen LogP) is 2.63. The number of nitrogens with zero attached hydrogens (tertiary/aromatic N) is 1. The Hall–Kier alpha value is -2.42. The van der Waals surface area contributed by atoms with Gasteiger partial charge in [-0.15, -0.1) is 0 Å². The number of nitrogens with one attached hydrogen (secondary N) is 2. The Kier molecular flexibility index (Phi) is 5.50. The summed E-state index contributed by atoms with van der Waals surface area (Å²) in [4.78, 5) is 25.8. The number of hydrogen-bond acceptors (Lipinski definition) is 4. The smallest absolute Gasteiger partial charge is 0.255 e. The Morgan fingerprint density at radius 3 is 2.44 bits per heavy atom. The molecule has 27 heavy (non-hydrogen) atoms. The number of carbonyl (C=O) groups is 2. The van der Waals surface area contributed by atoms with E-state index < -0.39 is 15.9 Å². The lowest BCUT2D eigenvalue weighted by Gasteiger charge is -2.16. The van der Waals surface area contributed by atoms with E-state index >= 15 is 0 Å². The first kappa shape index (κ1) is 19.3. The second-order valence-electron chi connectivity index (χ2n) is 6.00. The molecule has 2 amide bonds. The Balaban J connectivity index is 1.78. The molecule has 0 aliphatic carbocycles. The zero-order chi connectivity index (χ0) is 19.6. The van der Waals surface area contributed by atoms with Crippen LogP contribution in [0.3, 0.4) is 0 Å². The predicted molar refractivity (Wildman–Crippen MR) is 104 cm³/mol. The molecule has 1 fully saturated rings. The first-order valence-corrected chi connectivity index (χ1v) is 10.1. The van der Waals surface area contributed by atoms with Gasteiger partial charge in [-0.3, -0.25) is 9.59 Å². The highest BCUT2D eigenvalue weighted by Crippen LogP contribution is 2.25. The van der Waals surface area contributed by atoms with Crippen LogP contribution >= 0.6 is 11.6 Å². The van der Waals surface area contributed by atoms with Crippen LogP contribution in [0.4, 0.5) is 11.4 Å². The Bertz CT molecular complexity index is 990. The van der Waals surface area contributed by atoms with E-state index in [0.29, 0.717) is 18.7 Å². The largest absolute Gasteiger partial charge is 0.322 e. The average molecular weight is 408 g/mol. The number of hydrogen-bond donors (Lipinski definition) is 2. The van der Waals surface area contributed by atoms with Gasteiger partial charge >= 0.3 is 0 Å². The lowest BCUT2D eigenvalue weighted by molar-refractivity contribution is -0.117. The van der Waals surface area contributed by atoms with Crippen molar-refractivity contribution in [2.24, 2.45) is 0 Å². The van der Waals surface area contributed by atoms with Gasteiger partial charge in [-0.25, -0.2) is 13.1 Å². The van der Waals surface area contributed by atoms with Crippen LogP contribution < -0.4 is 14.9 Å². The zero-order valence-corrected chi connectivity index (χ0v) is 16.1. The highest BCUT2D eigenvalue weighted by atomic mass is 35.5. The third kappa shape index (κ3) is 4.13. The van der Waals surface area contributed by atoms with Gasteiger partial charge in [0.05, 0.1) is 5.02 Å². The van der Waals surface area contributed by atoms with Gasteiger partial charge in [-0.2, -0.15) is 0 Å². The molecule has 0 bridgehead atoms. The summed E-state index contributed by atoms with van der Waals surface area (Å²) in [5, 5.41) is 2.73. The molecular formula is C18H18ClN3O4S. The molecule has 0 unspecified atom stereocenters. The molecule has 2 N–H and O–H groups in total. The maximum Gasteiger partial charge on any atom is 0.255 e. The molecule has 7 nitrogen and oxygen atoms in total. The van der Waals surface area contributed by atoms with Crippen LogP contribution in [0.25, 0.3) is 0 Å². The summed E-state index contributed by atoms with van der Waals surface area (Å²) in [6.07, 6.45) is 1.39. The number of halogens is 1. The van der Waals surface area contributed by atoms with Gasteiger partial charge in [0.2, 0.25) is 15.9 Å². The summed E-state index contributed by atoms with van der Waals surface area (Å²) >= 11 is 5.93. The van der Waals surface area contributed by atoms with Crippen molar-refractivity contribution >= 4 is 44.8 Å². The molecule has 0 aromatic heterocycles. The van der Waals surface area contributed by atoms with Crippen LogP contribution in [0.15, 0.2) is 47.4 Å². The second kappa shape index (κ2) is 7.67. The minimum atomic E-state index is -3.78. The van der Waals surface area contributed by atoms with E-state index in [1.165, 1.54) is 25.2 Å². The highest BCUT2D eigenvalue weighted by Gasteiger charge is 2.22. The van der Waals surface area contributed by atoms with Crippen molar-refractivity contribution in [2.75, 3.05) is 23.8 Å². The molecule has 9 heteroatoms. The lowest BCUT2D eigenvalue weighted by Crippen LogP contribution is -2.23. The molecule has 142 valence electrons. The number of rotatable bonds is 5. The van der Waals surface area contributed by atoms with E-state index in [9.17, 15) is 18.0 Å². The van der Waals surface area contributed by atoms with Crippen molar-refractivity contribution in [3.8, 4) is 0 Å². The van der Waals surface area contributed by atoms with Crippen LogP contribution in [-0.2, 0) is 14.8 Å². The fourth-order valence-electron chi connectivity index (χ4n) is 2.81. The molecule has 2 aromatic rings. The quantitative estimate of drug-likeness (QED) is 0.796. The van der Waals surface area contributed by atoms with E-state index in [2.05, 4.69) is 10.0 Å². The number of carbonyl (C=O) groups excluding carboxylic acids is 2. The first-order chi connectivity index (χ1) is 12.8. The van der Waals surface area contributed by atoms with Gasteiger partial charge in [0.15, 0.2) is 0 Å². The minimum Gasteiger partial charge on any atom is -0.322 e. The first-order valence-electron chi connectivity index (χ1n) is 8.27. The molecule has 2 aromatic carbocycles. The van der Waals surface area contributed by atoms with Gasteiger partial charge in [0, 0.05) is 29.9 Å². The summed E-state index contributed by atoms with van der Waals surface area (Å²) in [6, 6.07) is 10.9. The zero-order valence-electron chi connectivity index (χ0n) is 14.5. The molecule has 1 saturated heterocycles. The van der Waals surface area contributed by atoms with E-state index in [-0.39, 0.29) is 21.4 Å². The number of amides is 2. The molecule has 0 atom stereocenters. The van der Waals surface area contributed by atoms with E-state index in [1.54, 1.807) is 29.2 Å². The lowest BCUT2D eigenvalue weighted by atomic mass is 10.2. The Morgan fingerprint density at radius 1 is 1.15 bits per heavy atom. The average Bonchev–Trinajstić information content (AvgIpc) is 3.08. The van der Waals surface area contributed by atoms with Crippen LogP contribution in [0.2, 0.25) is 5.02 Å². The van der Waals surface area contributed by atoms with E-state index in [0.717, 1.165) is 12.1 Å². The molecular weight excluding hydrogens is 390 g/mol. The van der Waals surface area contributed by atoms with Crippen LogP contribution in [-0.4, -0.2) is 33.8 Å². The molecule has 1 aliphatic heterocycles. The van der Waals surface area contributed by atoms with Crippen molar-refractivity contribution in [3.63, 3.8) is 0 Å². The standard InChI is InChI=1S/C18H18ClN3O4S/c1-20-27(25,26)16-11-12(4-9-15(16)19)18(24)21-13-5-7-14(8-6-13)22-10-2-3-17(22)23/h4-9,11,20H,2-3,10H2,1H3,(H,21,24). The van der Waals surface area contributed by atoms with Crippen molar-refractivity contribution in [1.82, 2.24) is 4.72 Å². The van der Waals surface area contributed by atoms with Crippen LogP contribution in [0.1, 0.15) is 23.2 Å².